The molecule has 3 aromatic rings. The minimum atomic E-state index is -0.546. The van der Waals surface area contributed by atoms with Gasteiger partial charge in [0, 0.05) is 19.2 Å². The largest absolute Gasteiger partial charge is 0.352 e. The first-order valence-corrected chi connectivity index (χ1v) is 7.47. The van der Waals surface area contributed by atoms with E-state index < -0.39 is 11.7 Å². The fraction of sp³-hybridized carbons (Fsp3) is 0.111. The van der Waals surface area contributed by atoms with Crippen LogP contribution in [0.3, 0.4) is 0 Å². The minimum absolute atomic E-state index is 0.0225. The number of benzene rings is 2. The molecule has 0 fully saturated rings. The number of rotatable bonds is 5. The normalized spacial score (nSPS) is 10.6. The molecule has 24 heavy (non-hydrogen) atoms. The maximum atomic E-state index is 13.5. The Morgan fingerprint density at radius 3 is 2.54 bits per heavy atom. The third kappa shape index (κ3) is 3.65. The number of carbonyl (C=O) groups is 1. The summed E-state index contributed by atoms with van der Waals surface area (Å²) in [6, 6.07) is 13.6. The molecule has 1 amide bonds. The van der Waals surface area contributed by atoms with Crippen molar-refractivity contribution in [2.45, 2.75) is 6.42 Å². The van der Waals surface area contributed by atoms with Crippen molar-refractivity contribution in [2.24, 2.45) is 0 Å². The summed E-state index contributed by atoms with van der Waals surface area (Å²) in [5, 5.41) is 7.03. The van der Waals surface area contributed by atoms with Crippen LogP contribution < -0.4 is 5.32 Å². The highest BCUT2D eigenvalue weighted by Gasteiger charge is 2.10. The van der Waals surface area contributed by atoms with E-state index in [1.165, 1.54) is 30.3 Å². The quantitative estimate of drug-likeness (QED) is 0.783. The zero-order valence-corrected chi connectivity index (χ0v) is 12.7. The average Bonchev–Trinajstić information content (AvgIpc) is 3.04. The SMILES string of the molecule is O=C(NCCc1ccn(-c2ccc(F)cc2)n1)c1ccccc1F. The molecule has 0 atom stereocenters. The maximum Gasteiger partial charge on any atom is 0.254 e. The highest BCUT2D eigenvalue weighted by atomic mass is 19.1. The van der Waals surface area contributed by atoms with Crippen LogP contribution in [0.25, 0.3) is 5.69 Å². The summed E-state index contributed by atoms with van der Waals surface area (Å²) >= 11 is 0. The number of amides is 1. The third-order valence-electron chi connectivity index (χ3n) is 3.52. The van der Waals surface area contributed by atoms with Crippen LogP contribution in [0, 0.1) is 11.6 Å². The predicted molar refractivity (Wildman–Crippen MR) is 86.0 cm³/mol. The first-order valence-electron chi connectivity index (χ1n) is 7.47. The molecule has 3 rings (SSSR count). The first-order chi connectivity index (χ1) is 11.6. The summed E-state index contributed by atoms with van der Waals surface area (Å²) in [5.74, 6) is -1.30. The Morgan fingerprint density at radius 1 is 1.04 bits per heavy atom. The molecule has 2 aromatic carbocycles. The maximum absolute atomic E-state index is 13.5. The van der Waals surface area contributed by atoms with Gasteiger partial charge in [0.05, 0.1) is 16.9 Å². The molecule has 1 N–H and O–H groups in total. The molecule has 6 heteroatoms. The molecule has 1 heterocycles. The van der Waals surface area contributed by atoms with Crippen molar-refractivity contribution in [3.63, 3.8) is 0 Å². The van der Waals surface area contributed by atoms with Crippen LogP contribution in [-0.2, 0) is 6.42 Å². The van der Waals surface area contributed by atoms with Crippen LogP contribution in [0.1, 0.15) is 16.1 Å². The Labute approximate surface area is 137 Å². The van der Waals surface area contributed by atoms with E-state index in [0.717, 1.165) is 11.4 Å². The smallest absolute Gasteiger partial charge is 0.254 e. The molecule has 0 spiro atoms. The van der Waals surface area contributed by atoms with Crippen molar-refractivity contribution >= 4 is 5.91 Å². The first kappa shape index (κ1) is 15.9. The molecule has 122 valence electrons. The Morgan fingerprint density at radius 2 is 1.79 bits per heavy atom. The van der Waals surface area contributed by atoms with Gasteiger partial charge in [0.2, 0.25) is 0 Å². The standard InChI is InChI=1S/C18H15F2N3O/c19-13-5-7-15(8-6-13)23-12-10-14(22-23)9-11-21-18(24)16-3-1-2-4-17(16)20/h1-8,10,12H,9,11H2,(H,21,24). The fourth-order valence-corrected chi connectivity index (χ4v) is 2.28. The molecule has 4 nitrogen and oxygen atoms in total. The number of aromatic nitrogens is 2. The number of carbonyl (C=O) groups excluding carboxylic acids is 1. The molecule has 0 aliphatic heterocycles. The molecule has 0 bridgehead atoms. The summed E-state index contributed by atoms with van der Waals surface area (Å²) < 4.78 is 28.1. The van der Waals surface area contributed by atoms with E-state index in [1.54, 1.807) is 29.1 Å². The van der Waals surface area contributed by atoms with Gasteiger partial charge in [-0.3, -0.25) is 4.79 Å². The van der Waals surface area contributed by atoms with Crippen molar-refractivity contribution in [1.82, 2.24) is 15.1 Å². The van der Waals surface area contributed by atoms with Crippen LogP contribution in [0.5, 0.6) is 0 Å². The molecular formula is C18H15F2N3O. The van der Waals surface area contributed by atoms with Gasteiger partial charge in [-0.15, -0.1) is 0 Å². The Bertz CT molecular complexity index is 843. The second-order valence-electron chi connectivity index (χ2n) is 5.21. The van der Waals surface area contributed by atoms with Crippen LogP contribution in [0.4, 0.5) is 8.78 Å². The van der Waals surface area contributed by atoms with Crippen LogP contribution in [0.2, 0.25) is 0 Å². The average molecular weight is 327 g/mol. The van der Waals surface area contributed by atoms with Gasteiger partial charge in [-0.25, -0.2) is 13.5 Å². The second kappa shape index (κ2) is 7.04. The molecule has 1 aromatic heterocycles. The van der Waals surface area contributed by atoms with E-state index in [4.69, 9.17) is 0 Å². The van der Waals surface area contributed by atoms with E-state index in [-0.39, 0.29) is 11.4 Å². The topological polar surface area (TPSA) is 46.9 Å². The number of nitrogens with one attached hydrogen (secondary N) is 1. The van der Waals surface area contributed by atoms with Crippen LogP contribution in [0.15, 0.2) is 60.8 Å². The zero-order valence-electron chi connectivity index (χ0n) is 12.7. The van der Waals surface area contributed by atoms with E-state index in [9.17, 15) is 13.6 Å². The number of nitrogens with zero attached hydrogens (tertiary/aromatic N) is 2. The van der Waals surface area contributed by atoms with E-state index in [1.807, 2.05) is 6.07 Å². The lowest BCUT2D eigenvalue weighted by Gasteiger charge is -2.05. The summed E-state index contributed by atoms with van der Waals surface area (Å²) in [7, 11) is 0. The molecular weight excluding hydrogens is 312 g/mol. The van der Waals surface area contributed by atoms with Gasteiger partial charge in [0.15, 0.2) is 0 Å². The van der Waals surface area contributed by atoms with E-state index in [0.29, 0.717) is 13.0 Å². The second-order valence-corrected chi connectivity index (χ2v) is 5.21. The van der Waals surface area contributed by atoms with Crippen molar-refractivity contribution in [1.29, 1.82) is 0 Å². The number of hydrogen-bond acceptors (Lipinski definition) is 2. The highest BCUT2D eigenvalue weighted by molar-refractivity contribution is 5.94. The van der Waals surface area contributed by atoms with Gasteiger partial charge >= 0.3 is 0 Å². The van der Waals surface area contributed by atoms with Crippen LogP contribution >= 0.6 is 0 Å². The lowest BCUT2D eigenvalue weighted by Crippen LogP contribution is -2.26. The summed E-state index contributed by atoms with van der Waals surface area (Å²) in [5.41, 5.74) is 1.54. The predicted octanol–water partition coefficient (Wildman–Crippen LogP) is 3.12. The Balaban J connectivity index is 1.57. The highest BCUT2D eigenvalue weighted by Crippen LogP contribution is 2.09. The lowest BCUT2D eigenvalue weighted by molar-refractivity contribution is 0.0950. The number of halogens is 2. The van der Waals surface area contributed by atoms with Crippen molar-refractivity contribution in [3.8, 4) is 5.69 Å². The Kier molecular flexibility index (Phi) is 4.65. The molecule has 0 radical (unpaired) electrons. The molecule has 0 saturated heterocycles. The van der Waals surface area contributed by atoms with Gasteiger partial charge < -0.3 is 5.32 Å². The van der Waals surface area contributed by atoms with Crippen molar-refractivity contribution < 1.29 is 13.6 Å². The molecule has 0 aliphatic carbocycles. The van der Waals surface area contributed by atoms with Gasteiger partial charge in [0.25, 0.3) is 5.91 Å². The fourth-order valence-electron chi connectivity index (χ4n) is 2.28. The van der Waals surface area contributed by atoms with Crippen molar-refractivity contribution in [2.75, 3.05) is 6.54 Å². The third-order valence-corrected chi connectivity index (χ3v) is 3.52. The number of hydrogen-bond donors (Lipinski definition) is 1. The van der Waals surface area contributed by atoms with Gasteiger partial charge in [-0.1, -0.05) is 12.1 Å². The van der Waals surface area contributed by atoms with E-state index >= 15 is 0 Å². The van der Waals surface area contributed by atoms with Gasteiger partial charge in [0.1, 0.15) is 11.6 Å². The molecule has 0 aliphatic rings. The van der Waals surface area contributed by atoms with Crippen LogP contribution in [-0.4, -0.2) is 22.2 Å². The molecule has 0 unspecified atom stereocenters. The van der Waals surface area contributed by atoms with Crippen molar-refractivity contribution in [3.05, 3.63) is 83.7 Å². The Hall–Kier alpha value is -3.02. The molecule has 0 saturated carbocycles. The summed E-state index contributed by atoms with van der Waals surface area (Å²) in [4.78, 5) is 11.9. The summed E-state index contributed by atoms with van der Waals surface area (Å²) in [6.45, 7) is 0.341. The monoisotopic (exact) mass is 327 g/mol. The van der Waals surface area contributed by atoms with Gasteiger partial charge in [-0.05, 0) is 42.5 Å². The lowest BCUT2D eigenvalue weighted by atomic mass is 10.2. The minimum Gasteiger partial charge on any atom is -0.352 e. The van der Waals surface area contributed by atoms with Gasteiger partial charge in [-0.2, -0.15) is 5.10 Å². The van der Waals surface area contributed by atoms with E-state index in [2.05, 4.69) is 10.4 Å². The zero-order chi connectivity index (χ0) is 16.9. The summed E-state index contributed by atoms with van der Waals surface area (Å²) in [6.07, 6.45) is 2.27.